The van der Waals surface area contributed by atoms with E-state index in [0.29, 0.717) is 5.82 Å². The van der Waals surface area contributed by atoms with Crippen LogP contribution in [-0.4, -0.2) is 22.7 Å². The third-order valence-corrected chi connectivity index (χ3v) is 5.61. The molecule has 0 saturated heterocycles. The van der Waals surface area contributed by atoms with Crippen LogP contribution in [0.25, 0.3) is 11.4 Å². The summed E-state index contributed by atoms with van der Waals surface area (Å²) >= 11 is 0. The normalized spacial score (nSPS) is 11.8. The van der Waals surface area contributed by atoms with Crippen molar-refractivity contribution in [3.8, 4) is 22.9 Å². The molecule has 1 heterocycles. The molecule has 0 radical (unpaired) electrons. The lowest BCUT2D eigenvalue weighted by Crippen LogP contribution is -2.12. The maximum atomic E-state index is 5.95. The Morgan fingerprint density at radius 1 is 0.844 bits per heavy atom. The molecular formula is C28H42N2O2. The lowest BCUT2D eigenvalue weighted by Gasteiger charge is -2.14. The average molecular weight is 439 g/mol. The molecule has 32 heavy (non-hydrogen) atoms. The van der Waals surface area contributed by atoms with E-state index in [2.05, 4.69) is 30.4 Å². The Labute approximate surface area is 195 Å². The van der Waals surface area contributed by atoms with E-state index in [1.807, 2.05) is 30.3 Å². The topological polar surface area (TPSA) is 44.2 Å². The number of hydrogen-bond acceptors (Lipinski definition) is 4. The zero-order valence-corrected chi connectivity index (χ0v) is 20.2. The number of hydrogen-bond donors (Lipinski definition) is 0. The van der Waals surface area contributed by atoms with E-state index in [0.717, 1.165) is 42.9 Å². The predicted octanol–water partition coefficient (Wildman–Crippen LogP) is 8.18. The van der Waals surface area contributed by atoms with Crippen molar-refractivity contribution >= 4 is 0 Å². The van der Waals surface area contributed by atoms with Crippen LogP contribution >= 0.6 is 0 Å². The van der Waals surface area contributed by atoms with Crippen LogP contribution in [0, 0.1) is 0 Å². The Balaban J connectivity index is 1.67. The molecule has 176 valence electrons. The molecular weight excluding hydrogens is 396 g/mol. The Hall–Kier alpha value is -2.36. The summed E-state index contributed by atoms with van der Waals surface area (Å²) in [7, 11) is 0. The Morgan fingerprint density at radius 2 is 1.50 bits per heavy atom. The van der Waals surface area contributed by atoms with Crippen molar-refractivity contribution in [2.24, 2.45) is 0 Å². The maximum absolute atomic E-state index is 5.95. The summed E-state index contributed by atoms with van der Waals surface area (Å²) in [5.74, 6) is 2.34. The van der Waals surface area contributed by atoms with Gasteiger partial charge in [0, 0.05) is 5.56 Å². The molecule has 0 saturated carbocycles. The van der Waals surface area contributed by atoms with Gasteiger partial charge in [-0.2, -0.15) is 0 Å². The molecule has 0 aliphatic heterocycles. The highest BCUT2D eigenvalue weighted by Crippen LogP contribution is 2.21. The summed E-state index contributed by atoms with van der Waals surface area (Å²) in [5.41, 5.74) is 0.982. The summed E-state index contributed by atoms with van der Waals surface area (Å²) in [6.45, 7) is 8.88. The standard InChI is InChI=1S/C28H42N2O2/c1-4-6-8-10-11-12-13-15-21-31-26-19-17-25(18-20-26)28-29-22-27(23-30-28)32-24(3)16-14-9-7-5-2/h4,17-20,22-24H,1,5-16,21H2,2-3H3/t24-/m0/s1. The molecule has 0 bridgehead atoms. The largest absolute Gasteiger partial charge is 0.494 e. The van der Waals surface area contributed by atoms with Crippen LogP contribution in [0.5, 0.6) is 11.5 Å². The SMILES string of the molecule is C=CCCCCCCCCOc1ccc(-c2ncc(O[C@@H](C)CCCCCC)cn2)cc1. The van der Waals surface area contributed by atoms with E-state index in [4.69, 9.17) is 9.47 Å². The summed E-state index contributed by atoms with van der Waals surface area (Å²) in [6, 6.07) is 8.02. The summed E-state index contributed by atoms with van der Waals surface area (Å²) < 4.78 is 11.8. The van der Waals surface area contributed by atoms with Gasteiger partial charge in [0.1, 0.15) is 5.75 Å². The lowest BCUT2D eigenvalue weighted by molar-refractivity contribution is 0.205. The molecule has 4 nitrogen and oxygen atoms in total. The minimum absolute atomic E-state index is 0.190. The smallest absolute Gasteiger partial charge is 0.159 e. The van der Waals surface area contributed by atoms with E-state index in [1.165, 1.54) is 57.8 Å². The van der Waals surface area contributed by atoms with Crippen LogP contribution in [0.15, 0.2) is 49.3 Å². The van der Waals surface area contributed by atoms with Crippen molar-refractivity contribution in [1.29, 1.82) is 0 Å². The molecule has 0 amide bonds. The van der Waals surface area contributed by atoms with E-state index in [-0.39, 0.29) is 6.10 Å². The number of nitrogens with zero attached hydrogens (tertiary/aromatic N) is 2. The molecule has 0 aliphatic rings. The number of ether oxygens (including phenoxy) is 2. The zero-order valence-electron chi connectivity index (χ0n) is 20.2. The number of benzene rings is 1. The fourth-order valence-electron chi connectivity index (χ4n) is 3.66. The van der Waals surface area contributed by atoms with Gasteiger partial charge in [0.05, 0.1) is 25.1 Å². The van der Waals surface area contributed by atoms with Gasteiger partial charge in [0.2, 0.25) is 0 Å². The lowest BCUT2D eigenvalue weighted by atomic mass is 10.1. The summed E-state index contributed by atoms with van der Waals surface area (Å²) in [4.78, 5) is 8.96. The second-order valence-corrected chi connectivity index (χ2v) is 8.59. The first-order chi connectivity index (χ1) is 15.7. The van der Waals surface area contributed by atoms with Gasteiger partial charge in [-0.1, -0.05) is 57.9 Å². The average Bonchev–Trinajstić information content (AvgIpc) is 2.82. The van der Waals surface area contributed by atoms with Crippen molar-refractivity contribution in [3.63, 3.8) is 0 Å². The molecule has 1 aromatic carbocycles. The molecule has 2 rings (SSSR count). The molecule has 1 atom stereocenters. The van der Waals surface area contributed by atoms with E-state index in [9.17, 15) is 0 Å². The van der Waals surface area contributed by atoms with Gasteiger partial charge in [-0.3, -0.25) is 0 Å². The zero-order chi connectivity index (χ0) is 22.9. The van der Waals surface area contributed by atoms with Crippen LogP contribution < -0.4 is 9.47 Å². The van der Waals surface area contributed by atoms with Crippen LogP contribution in [0.2, 0.25) is 0 Å². The first-order valence-corrected chi connectivity index (χ1v) is 12.6. The molecule has 0 unspecified atom stereocenters. The third-order valence-electron chi connectivity index (χ3n) is 5.61. The summed E-state index contributed by atoms with van der Waals surface area (Å²) in [6.07, 6.45) is 20.5. The van der Waals surface area contributed by atoms with E-state index < -0.39 is 0 Å². The van der Waals surface area contributed by atoms with Gasteiger partial charge in [0.25, 0.3) is 0 Å². The molecule has 0 fully saturated rings. The molecule has 0 spiro atoms. The molecule has 0 N–H and O–H groups in total. The summed E-state index contributed by atoms with van der Waals surface area (Å²) in [5, 5.41) is 0. The number of aromatic nitrogens is 2. The maximum Gasteiger partial charge on any atom is 0.159 e. The Morgan fingerprint density at radius 3 is 2.19 bits per heavy atom. The minimum atomic E-state index is 0.190. The second-order valence-electron chi connectivity index (χ2n) is 8.59. The van der Waals surface area contributed by atoms with Crippen molar-refractivity contribution in [2.75, 3.05) is 6.61 Å². The van der Waals surface area contributed by atoms with Crippen molar-refractivity contribution in [1.82, 2.24) is 9.97 Å². The highest BCUT2D eigenvalue weighted by Gasteiger charge is 2.07. The molecule has 0 aliphatic carbocycles. The highest BCUT2D eigenvalue weighted by molar-refractivity contribution is 5.56. The van der Waals surface area contributed by atoms with Gasteiger partial charge in [0.15, 0.2) is 11.6 Å². The van der Waals surface area contributed by atoms with Crippen LogP contribution in [-0.2, 0) is 0 Å². The van der Waals surface area contributed by atoms with Crippen molar-refractivity contribution < 1.29 is 9.47 Å². The van der Waals surface area contributed by atoms with Crippen LogP contribution in [0.4, 0.5) is 0 Å². The number of rotatable bonds is 18. The van der Waals surface area contributed by atoms with Crippen LogP contribution in [0.3, 0.4) is 0 Å². The Bertz CT molecular complexity index is 728. The second kappa shape index (κ2) is 16.3. The molecule has 4 heteroatoms. The first-order valence-electron chi connectivity index (χ1n) is 12.6. The van der Waals surface area contributed by atoms with Crippen molar-refractivity contribution in [2.45, 2.75) is 97.0 Å². The number of allylic oxidation sites excluding steroid dienone is 1. The van der Waals surface area contributed by atoms with Gasteiger partial charge < -0.3 is 9.47 Å². The molecule has 1 aromatic heterocycles. The minimum Gasteiger partial charge on any atom is -0.494 e. The third kappa shape index (κ3) is 10.8. The van der Waals surface area contributed by atoms with E-state index in [1.54, 1.807) is 12.4 Å². The fraction of sp³-hybridized carbons (Fsp3) is 0.571. The predicted molar refractivity (Wildman–Crippen MR) is 134 cm³/mol. The monoisotopic (exact) mass is 438 g/mol. The van der Waals surface area contributed by atoms with E-state index >= 15 is 0 Å². The highest BCUT2D eigenvalue weighted by atomic mass is 16.5. The Kier molecular flexibility index (Phi) is 13.2. The van der Waals surface area contributed by atoms with Gasteiger partial charge in [-0.25, -0.2) is 9.97 Å². The van der Waals surface area contributed by atoms with Gasteiger partial charge in [-0.05, 0) is 63.3 Å². The van der Waals surface area contributed by atoms with Gasteiger partial charge >= 0.3 is 0 Å². The molecule has 2 aromatic rings. The van der Waals surface area contributed by atoms with Crippen LogP contribution in [0.1, 0.15) is 90.9 Å². The quantitative estimate of drug-likeness (QED) is 0.174. The number of unbranched alkanes of at least 4 members (excludes halogenated alkanes) is 9. The first kappa shape index (κ1) is 25.9. The van der Waals surface area contributed by atoms with Crippen molar-refractivity contribution in [3.05, 3.63) is 49.3 Å². The van der Waals surface area contributed by atoms with Gasteiger partial charge in [-0.15, -0.1) is 6.58 Å². The fourth-order valence-corrected chi connectivity index (χ4v) is 3.66.